The molecule has 0 N–H and O–H groups in total. The summed E-state index contributed by atoms with van der Waals surface area (Å²) >= 11 is 14.7. The summed E-state index contributed by atoms with van der Waals surface area (Å²) in [6.45, 7) is 6.84. The van der Waals surface area contributed by atoms with Crippen molar-refractivity contribution in [3.8, 4) is 0 Å². The number of fused-ring (bicyclic) bond motifs is 1. The third-order valence-electron chi connectivity index (χ3n) is 6.62. The number of hydrogen-bond acceptors (Lipinski definition) is 7. The second kappa shape index (κ2) is 10.9. The van der Waals surface area contributed by atoms with Crippen LogP contribution in [0.5, 0.6) is 0 Å². The predicted octanol–water partition coefficient (Wildman–Crippen LogP) is 6.06. The molecule has 1 amide bonds. The Kier molecular flexibility index (Phi) is 7.87. The predicted molar refractivity (Wildman–Crippen MR) is 154 cm³/mol. The van der Waals surface area contributed by atoms with E-state index in [1.54, 1.807) is 11.0 Å². The van der Waals surface area contributed by atoms with Gasteiger partial charge >= 0.3 is 0 Å². The Balaban J connectivity index is 1.53. The van der Waals surface area contributed by atoms with Crippen molar-refractivity contribution in [3.63, 3.8) is 0 Å². The first kappa shape index (κ1) is 27.5. The average molecular weight is 613 g/mol. The van der Waals surface area contributed by atoms with E-state index >= 15 is 0 Å². The van der Waals surface area contributed by atoms with Crippen LogP contribution in [0.3, 0.4) is 0 Å². The maximum Gasteiger partial charge on any atom is 0.253 e. The molecule has 1 fully saturated rings. The van der Waals surface area contributed by atoms with Gasteiger partial charge in [0.2, 0.25) is 5.91 Å². The van der Waals surface area contributed by atoms with Gasteiger partial charge in [0, 0.05) is 23.8 Å². The molecule has 1 atom stereocenters. The minimum atomic E-state index is -3.89. The molecule has 0 aliphatic carbocycles. The Hall–Kier alpha value is -2.02. The fraction of sp³-hybridized carbons (Fsp3) is 0.400. The van der Waals surface area contributed by atoms with Crippen molar-refractivity contribution in [1.29, 1.82) is 0 Å². The molecule has 1 aliphatic rings. The number of carbonyl (C=O) groups excluding carboxylic acids is 1. The van der Waals surface area contributed by atoms with E-state index in [1.807, 2.05) is 43.7 Å². The summed E-state index contributed by atoms with van der Waals surface area (Å²) < 4.78 is 31.8. The van der Waals surface area contributed by atoms with E-state index in [4.69, 9.17) is 28.2 Å². The van der Waals surface area contributed by atoms with Gasteiger partial charge < -0.3 is 0 Å². The molecule has 202 valence electrons. The summed E-state index contributed by atoms with van der Waals surface area (Å²) in [4.78, 5) is 20.7. The van der Waals surface area contributed by atoms with E-state index in [0.717, 1.165) is 44.9 Å². The van der Waals surface area contributed by atoms with Crippen molar-refractivity contribution >= 4 is 77.2 Å². The van der Waals surface area contributed by atoms with Gasteiger partial charge in [-0.05, 0) is 69.5 Å². The van der Waals surface area contributed by atoms with Gasteiger partial charge in [0.25, 0.3) is 10.0 Å². The maximum atomic E-state index is 14.2. The number of carbonyl (C=O) groups is 1. The highest BCUT2D eigenvalue weighted by atomic mass is 35.5. The Labute approximate surface area is 239 Å². The molecule has 1 aliphatic heterocycles. The molecule has 3 aromatic heterocycles. The van der Waals surface area contributed by atoms with Crippen molar-refractivity contribution in [2.75, 3.05) is 18.0 Å². The second-order valence-electron chi connectivity index (χ2n) is 9.39. The number of nitrogens with zero attached hydrogens (tertiary/aromatic N) is 5. The molecule has 4 heterocycles. The van der Waals surface area contributed by atoms with Crippen molar-refractivity contribution in [1.82, 2.24) is 19.1 Å². The zero-order valence-corrected chi connectivity index (χ0v) is 25.1. The Morgan fingerprint density at radius 2 is 1.92 bits per heavy atom. The number of hydrogen-bond donors (Lipinski definition) is 0. The monoisotopic (exact) mass is 611 g/mol. The Morgan fingerprint density at radius 3 is 2.61 bits per heavy atom. The molecular weight excluding hydrogens is 585 g/mol. The first-order chi connectivity index (χ1) is 18.0. The van der Waals surface area contributed by atoms with Gasteiger partial charge in [0.15, 0.2) is 5.13 Å². The van der Waals surface area contributed by atoms with Crippen LogP contribution >= 0.6 is 45.9 Å². The number of aromatic nitrogens is 3. The lowest BCUT2D eigenvalue weighted by Gasteiger charge is -2.35. The van der Waals surface area contributed by atoms with Crippen LogP contribution in [-0.2, 0) is 21.4 Å². The number of benzene rings is 1. The zero-order valence-electron chi connectivity index (χ0n) is 21.1. The van der Waals surface area contributed by atoms with Gasteiger partial charge in [0.1, 0.15) is 10.3 Å². The number of halogens is 2. The Bertz CT molecular complexity index is 1610. The molecule has 1 saturated heterocycles. The number of sulfonamides is 1. The summed E-state index contributed by atoms with van der Waals surface area (Å²) in [5, 5.41) is 5.65. The van der Waals surface area contributed by atoms with Crippen molar-refractivity contribution in [3.05, 3.63) is 56.6 Å². The number of anilines is 1. The number of rotatable bonds is 7. The van der Waals surface area contributed by atoms with Crippen LogP contribution in [0.25, 0.3) is 10.2 Å². The normalized spacial score (nSPS) is 16.8. The maximum absolute atomic E-state index is 14.2. The fourth-order valence-corrected chi connectivity index (χ4v) is 9.54. The highest BCUT2D eigenvalue weighted by Gasteiger charge is 2.41. The van der Waals surface area contributed by atoms with Crippen molar-refractivity contribution in [2.24, 2.45) is 0 Å². The van der Waals surface area contributed by atoms with Gasteiger partial charge in [-0.25, -0.2) is 13.4 Å². The molecule has 1 aromatic carbocycles. The minimum absolute atomic E-state index is 0.140. The van der Waals surface area contributed by atoms with Crippen LogP contribution < -0.4 is 4.90 Å². The lowest BCUT2D eigenvalue weighted by molar-refractivity contribution is -0.123. The van der Waals surface area contributed by atoms with E-state index in [9.17, 15) is 13.2 Å². The molecule has 0 bridgehead atoms. The highest BCUT2D eigenvalue weighted by molar-refractivity contribution is 7.91. The largest absolute Gasteiger partial charge is 0.285 e. The lowest BCUT2D eigenvalue weighted by atomic mass is 10.0. The fourth-order valence-electron chi connectivity index (χ4n) is 4.83. The standard InChI is InChI=1S/C25H27Cl2N5O3S3/c1-15-12-18(26)14-20-23(15)28-25(36-20)30(10-11-31-17(3)13-16(2)29-31)24(33)19-6-4-5-9-32(19)38(34,35)22-8-7-21(27)37-22/h7-8,12-14,19H,4-6,9-11H2,1-3H3. The highest BCUT2D eigenvalue weighted by Crippen LogP contribution is 2.36. The van der Waals surface area contributed by atoms with Crippen LogP contribution in [0.4, 0.5) is 5.13 Å². The van der Waals surface area contributed by atoms with Gasteiger partial charge in [0.05, 0.1) is 26.8 Å². The number of aryl methyl sites for hydroxylation is 3. The zero-order chi connectivity index (χ0) is 27.2. The second-order valence-corrected chi connectivity index (χ2v) is 14.7. The van der Waals surface area contributed by atoms with E-state index < -0.39 is 16.1 Å². The van der Waals surface area contributed by atoms with E-state index in [2.05, 4.69) is 5.10 Å². The average Bonchev–Trinajstić information content (AvgIpc) is 3.57. The lowest BCUT2D eigenvalue weighted by Crippen LogP contribution is -2.53. The molecule has 0 radical (unpaired) electrons. The van der Waals surface area contributed by atoms with E-state index in [1.165, 1.54) is 21.7 Å². The van der Waals surface area contributed by atoms with Gasteiger partial charge in [-0.3, -0.25) is 14.4 Å². The first-order valence-electron chi connectivity index (χ1n) is 12.2. The topological polar surface area (TPSA) is 88.4 Å². The van der Waals surface area contributed by atoms with E-state index in [0.29, 0.717) is 40.4 Å². The molecule has 4 aromatic rings. The minimum Gasteiger partial charge on any atom is -0.285 e. The SMILES string of the molecule is Cc1cc(C)n(CCN(C(=O)C2CCCCN2S(=O)(=O)c2ccc(Cl)s2)c2nc3c(C)cc(Cl)cc3s2)n1. The van der Waals surface area contributed by atoms with Crippen LogP contribution in [0.15, 0.2) is 34.5 Å². The van der Waals surface area contributed by atoms with Gasteiger partial charge in [-0.1, -0.05) is 41.0 Å². The molecule has 1 unspecified atom stereocenters. The van der Waals surface area contributed by atoms with E-state index in [-0.39, 0.29) is 16.7 Å². The Morgan fingerprint density at radius 1 is 1.13 bits per heavy atom. The van der Waals surface area contributed by atoms with Crippen molar-refractivity contribution < 1.29 is 13.2 Å². The van der Waals surface area contributed by atoms with Crippen LogP contribution in [0.2, 0.25) is 9.36 Å². The third-order valence-corrected chi connectivity index (χ3v) is 11.5. The molecule has 13 heteroatoms. The molecule has 8 nitrogen and oxygen atoms in total. The molecule has 0 spiro atoms. The number of thiazole rings is 1. The number of thiophene rings is 1. The summed E-state index contributed by atoms with van der Waals surface area (Å²) in [6, 6.07) is 7.89. The van der Waals surface area contributed by atoms with Crippen molar-refractivity contribution in [2.45, 2.75) is 56.8 Å². The first-order valence-corrected chi connectivity index (χ1v) is 16.0. The van der Waals surface area contributed by atoms with Crippen LogP contribution in [0.1, 0.15) is 36.2 Å². The summed E-state index contributed by atoms with van der Waals surface area (Å²) in [5.41, 5.74) is 3.57. The molecule has 5 rings (SSSR count). The third kappa shape index (κ3) is 5.37. The smallest absolute Gasteiger partial charge is 0.253 e. The summed E-state index contributed by atoms with van der Waals surface area (Å²) in [5.74, 6) is -0.291. The molecule has 0 saturated carbocycles. The quantitative estimate of drug-likeness (QED) is 0.253. The summed E-state index contributed by atoms with van der Waals surface area (Å²) in [7, 11) is -3.89. The molecular formula is C25H27Cl2N5O3S3. The van der Waals surface area contributed by atoms with Crippen LogP contribution in [-0.4, -0.2) is 52.5 Å². The van der Waals surface area contributed by atoms with Gasteiger partial charge in [-0.2, -0.15) is 9.40 Å². The number of piperidine rings is 1. The molecule has 38 heavy (non-hydrogen) atoms. The number of amides is 1. The van der Waals surface area contributed by atoms with Crippen LogP contribution in [0, 0.1) is 20.8 Å². The summed E-state index contributed by atoms with van der Waals surface area (Å²) in [6.07, 6.45) is 1.88. The van der Waals surface area contributed by atoms with Gasteiger partial charge in [-0.15, -0.1) is 11.3 Å².